The maximum absolute atomic E-state index is 8.44. The van der Waals surface area contributed by atoms with E-state index < -0.39 is 0 Å². The lowest BCUT2D eigenvalue weighted by molar-refractivity contribution is 0.685. The third-order valence-electron chi connectivity index (χ3n) is 1.25. The van der Waals surface area contributed by atoms with Crippen molar-refractivity contribution in [2.45, 2.75) is 13.0 Å². The molecule has 2 atom stereocenters. The highest BCUT2D eigenvalue weighted by Crippen LogP contribution is 2.05. The predicted molar refractivity (Wildman–Crippen MR) is 35.5 cm³/mol. The number of aliphatic imine (C=N–C) groups is 2. The average molecular weight is 121 g/mol. The summed E-state index contributed by atoms with van der Waals surface area (Å²) in [7, 11) is 0. The lowest BCUT2D eigenvalue weighted by atomic mass is 10.1. The molecule has 0 radical (unpaired) electrons. The Morgan fingerprint density at radius 2 is 2.44 bits per heavy atom. The first-order valence-corrected chi connectivity index (χ1v) is 2.79. The predicted octanol–water partition coefficient (Wildman–Crippen LogP) is 0.627. The molecule has 0 spiro atoms. The highest BCUT2D eigenvalue weighted by molar-refractivity contribution is 5.77. The van der Waals surface area contributed by atoms with Crippen LogP contribution in [0.25, 0.3) is 0 Å². The van der Waals surface area contributed by atoms with E-state index in [9.17, 15) is 0 Å². The molecule has 0 aromatic heterocycles. The van der Waals surface area contributed by atoms with Gasteiger partial charge < -0.3 is 0 Å². The van der Waals surface area contributed by atoms with Gasteiger partial charge in [-0.3, -0.25) is 4.99 Å². The van der Waals surface area contributed by atoms with Crippen LogP contribution in [0.3, 0.4) is 0 Å². The maximum atomic E-state index is 8.44. The van der Waals surface area contributed by atoms with Crippen LogP contribution in [-0.4, -0.2) is 18.6 Å². The number of hydrogen-bond acceptors (Lipinski definition) is 3. The molecule has 0 aliphatic carbocycles. The van der Waals surface area contributed by atoms with Crippen LogP contribution in [0.4, 0.5) is 0 Å². The highest BCUT2D eigenvalue weighted by atomic mass is 14.9. The average Bonchev–Trinajstić information content (AvgIpc) is 1.89. The van der Waals surface area contributed by atoms with Crippen molar-refractivity contribution in [3.63, 3.8) is 0 Å². The van der Waals surface area contributed by atoms with Crippen molar-refractivity contribution < 1.29 is 0 Å². The Morgan fingerprint density at radius 3 is 2.89 bits per heavy atom. The van der Waals surface area contributed by atoms with Gasteiger partial charge in [0.25, 0.3) is 0 Å². The zero-order valence-corrected chi connectivity index (χ0v) is 5.15. The Bertz CT molecular complexity index is 187. The fourth-order valence-corrected chi connectivity index (χ4v) is 0.653. The first-order valence-electron chi connectivity index (χ1n) is 2.79. The lowest BCUT2D eigenvalue weighted by Crippen LogP contribution is -2.17. The van der Waals surface area contributed by atoms with Crippen LogP contribution < -0.4 is 0 Å². The number of hydrogen-bond donors (Lipinski definition) is 0. The van der Waals surface area contributed by atoms with Gasteiger partial charge >= 0.3 is 0 Å². The molecule has 1 rings (SSSR count). The van der Waals surface area contributed by atoms with Gasteiger partial charge in [0.2, 0.25) is 0 Å². The minimum Gasteiger partial charge on any atom is -0.254 e. The molecule has 3 nitrogen and oxygen atoms in total. The maximum Gasteiger partial charge on any atom is 0.145 e. The fourth-order valence-electron chi connectivity index (χ4n) is 0.653. The summed E-state index contributed by atoms with van der Waals surface area (Å²) in [5, 5.41) is 8.44. The molecule has 0 fully saturated rings. The van der Waals surface area contributed by atoms with Crippen molar-refractivity contribution in [3.8, 4) is 6.07 Å². The summed E-state index contributed by atoms with van der Waals surface area (Å²) in [6.07, 6.45) is 3.16. The molecule has 2 unspecified atom stereocenters. The first-order chi connectivity index (χ1) is 4.34. The van der Waals surface area contributed by atoms with E-state index in [0.717, 1.165) is 0 Å². The topological polar surface area (TPSA) is 48.5 Å². The summed E-state index contributed by atoms with van der Waals surface area (Å²) >= 11 is 0. The van der Waals surface area contributed by atoms with Gasteiger partial charge in [0.1, 0.15) is 12.4 Å². The summed E-state index contributed by atoms with van der Waals surface area (Å²) in [6.45, 7) is 1.92. The molecule has 1 aliphatic rings. The van der Waals surface area contributed by atoms with Crippen molar-refractivity contribution in [1.82, 2.24) is 0 Å². The molecule has 0 amide bonds. The van der Waals surface area contributed by atoms with Crippen LogP contribution in [-0.2, 0) is 0 Å². The second-order valence-electron chi connectivity index (χ2n) is 2.00. The molecule has 1 aliphatic heterocycles. The Hall–Kier alpha value is -1.17. The summed E-state index contributed by atoms with van der Waals surface area (Å²) in [5.74, 6) is 0.167. The Kier molecular flexibility index (Phi) is 1.59. The number of rotatable bonds is 0. The van der Waals surface area contributed by atoms with E-state index in [4.69, 9.17) is 5.26 Å². The van der Waals surface area contributed by atoms with Gasteiger partial charge in [-0.05, 0) is 0 Å². The van der Waals surface area contributed by atoms with Crippen LogP contribution in [0, 0.1) is 17.2 Å². The lowest BCUT2D eigenvalue weighted by Gasteiger charge is -2.09. The standard InChI is InChI=1S/C6H7N3/c1-5-3-8-4-9-6(5)2-7/h3-6H,1H3. The molecular weight excluding hydrogens is 114 g/mol. The molecular formula is C6H7N3. The monoisotopic (exact) mass is 121 g/mol. The quantitative estimate of drug-likeness (QED) is 0.463. The van der Waals surface area contributed by atoms with Gasteiger partial charge in [0.05, 0.1) is 6.07 Å². The molecule has 0 bridgehead atoms. The molecule has 9 heavy (non-hydrogen) atoms. The molecule has 46 valence electrons. The van der Waals surface area contributed by atoms with E-state index in [1.807, 2.05) is 6.92 Å². The summed E-state index contributed by atoms with van der Waals surface area (Å²) in [5.41, 5.74) is 0. The van der Waals surface area contributed by atoms with Crippen LogP contribution in [0.2, 0.25) is 0 Å². The van der Waals surface area contributed by atoms with Crippen molar-refractivity contribution >= 4 is 12.6 Å². The minimum atomic E-state index is -0.220. The number of nitrogens with zero attached hydrogens (tertiary/aromatic N) is 3. The smallest absolute Gasteiger partial charge is 0.145 e. The summed E-state index contributed by atoms with van der Waals surface area (Å²) in [4.78, 5) is 7.63. The van der Waals surface area contributed by atoms with Crippen molar-refractivity contribution in [3.05, 3.63) is 0 Å². The molecule has 0 aromatic carbocycles. The molecule has 0 N–H and O–H groups in total. The van der Waals surface area contributed by atoms with E-state index in [2.05, 4.69) is 16.1 Å². The zero-order chi connectivity index (χ0) is 6.69. The summed E-state index contributed by atoms with van der Waals surface area (Å²) < 4.78 is 0. The van der Waals surface area contributed by atoms with Crippen LogP contribution in [0.15, 0.2) is 9.98 Å². The van der Waals surface area contributed by atoms with Crippen molar-refractivity contribution in [1.29, 1.82) is 5.26 Å². The molecule has 0 saturated heterocycles. The van der Waals surface area contributed by atoms with Gasteiger partial charge in [-0.1, -0.05) is 6.92 Å². The van der Waals surface area contributed by atoms with Crippen LogP contribution >= 0.6 is 0 Å². The largest absolute Gasteiger partial charge is 0.254 e. The first kappa shape index (κ1) is 5.96. The van der Waals surface area contributed by atoms with E-state index >= 15 is 0 Å². The second-order valence-corrected chi connectivity index (χ2v) is 2.00. The highest BCUT2D eigenvalue weighted by Gasteiger charge is 2.13. The van der Waals surface area contributed by atoms with Gasteiger partial charge in [-0.2, -0.15) is 5.26 Å². The van der Waals surface area contributed by atoms with Crippen LogP contribution in [0.5, 0.6) is 0 Å². The van der Waals surface area contributed by atoms with Gasteiger partial charge in [-0.25, -0.2) is 4.99 Å². The van der Waals surface area contributed by atoms with Crippen molar-refractivity contribution in [2.75, 3.05) is 0 Å². The third-order valence-corrected chi connectivity index (χ3v) is 1.25. The molecule has 0 saturated carbocycles. The normalized spacial score (nSPS) is 32.0. The van der Waals surface area contributed by atoms with Crippen LogP contribution in [0.1, 0.15) is 6.92 Å². The van der Waals surface area contributed by atoms with Crippen molar-refractivity contribution in [2.24, 2.45) is 15.9 Å². The van der Waals surface area contributed by atoms with E-state index in [-0.39, 0.29) is 12.0 Å². The minimum absolute atomic E-state index is 0.167. The Labute approximate surface area is 53.7 Å². The molecule has 1 heterocycles. The molecule has 0 aromatic rings. The zero-order valence-electron chi connectivity index (χ0n) is 5.15. The Balaban J connectivity index is 2.68. The van der Waals surface area contributed by atoms with Gasteiger partial charge in [0, 0.05) is 12.1 Å². The van der Waals surface area contributed by atoms with E-state index in [0.29, 0.717) is 0 Å². The Morgan fingerprint density at radius 1 is 1.67 bits per heavy atom. The molecule has 3 heteroatoms. The second kappa shape index (κ2) is 2.40. The van der Waals surface area contributed by atoms with E-state index in [1.54, 1.807) is 6.21 Å². The van der Waals surface area contributed by atoms with Gasteiger partial charge in [-0.15, -0.1) is 0 Å². The van der Waals surface area contributed by atoms with E-state index in [1.165, 1.54) is 6.34 Å². The third kappa shape index (κ3) is 1.14. The summed E-state index contributed by atoms with van der Waals surface area (Å²) in [6, 6.07) is 1.84. The van der Waals surface area contributed by atoms with Gasteiger partial charge in [0.15, 0.2) is 0 Å². The SMILES string of the molecule is CC1C=NC=NC1C#N. The fraction of sp³-hybridized carbons (Fsp3) is 0.500. The number of nitriles is 1.